The fraction of sp³-hybridized carbons (Fsp3) is 0.519. The van der Waals surface area contributed by atoms with Gasteiger partial charge >= 0.3 is 0 Å². The maximum atomic E-state index is 13.3. The highest BCUT2D eigenvalue weighted by Crippen LogP contribution is 2.28. The second-order valence-corrected chi connectivity index (χ2v) is 9.87. The molecule has 3 N–H and O–H groups in total. The average Bonchev–Trinajstić information content (AvgIpc) is 2.93. The largest absolute Gasteiger partial charge is 0.384 e. The van der Waals surface area contributed by atoms with E-state index in [1.807, 2.05) is 30.5 Å². The summed E-state index contributed by atoms with van der Waals surface area (Å²) in [6.45, 7) is 7.43. The number of hydrazine groups is 1. The number of likely N-dealkylation sites (tertiary alicyclic amines) is 2. The number of pyridine rings is 2. The molecule has 192 valence electrons. The Morgan fingerprint density at radius 1 is 1.00 bits per heavy atom. The summed E-state index contributed by atoms with van der Waals surface area (Å²) in [5.74, 6) is 1.00. The molecular weight excluding hydrogens is 454 g/mol. The standard InChI is InChI=1S/C27H37N7O2/c28-25-19-21(4-10-30-25)20-32-11-5-23(6-12-32)27(35)33-13-7-22(8-14-33)26(24-3-1-2-9-29-24)31-34-15-17-36-18-16-34/h1-4,9-10,19,23,31H,5-8,11-18,20H2,(H2,28,30). The van der Waals surface area contributed by atoms with Gasteiger partial charge in [0.05, 0.1) is 24.6 Å². The van der Waals surface area contributed by atoms with Crippen molar-refractivity contribution >= 4 is 17.4 Å². The molecule has 0 aromatic carbocycles. The van der Waals surface area contributed by atoms with Crippen molar-refractivity contribution in [3.8, 4) is 0 Å². The lowest BCUT2D eigenvalue weighted by atomic mass is 9.93. The Labute approximate surface area is 213 Å². The summed E-state index contributed by atoms with van der Waals surface area (Å²) in [7, 11) is 0. The van der Waals surface area contributed by atoms with Crippen LogP contribution in [0.2, 0.25) is 0 Å². The van der Waals surface area contributed by atoms with Gasteiger partial charge in [-0.25, -0.2) is 9.99 Å². The van der Waals surface area contributed by atoms with Crippen LogP contribution in [0.15, 0.2) is 48.3 Å². The van der Waals surface area contributed by atoms with Crippen molar-refractivity contribution in [3.05, 3.63) is 59.6 Å². The molecule has 36 heavy (non-hydrogen) atoms. The van der Waals surface area contributed by atoms with Crippen LogP contribution in [-0.2, 0) is 16.1 Å². The molecule has 3 saturated heterocycles. The van der Waals surface area contributed by atoms with E-state index in [2.05, 4.69) is 36.3 Å². The molecule has 2 aromatic heterocycles. The molecule has 1 amide bonds. The number of morpholine rings is 1. The van der Waals surface area contributed by atoms with Crippen molar-refractivity contribution in [3.63, 3.8) is 0 Å². The van der Waals surface area contributed by atoms with E-state index in [9.17, 15) is 4.79 Å². The number of rotatable bonds is 6. The number of hydrogen-bond acceptors (Lipinski definition) is 8. The Kier molecular flexibility index (Phi) is 8.10. The molecule has 5 heterocycles. The molecule has 0 aliphatic carbocycles. The summed E-state index contributed by atoms with van der Waals surface area (Å²) in [5, 5.41) is 2.21. The number of anilines is 1. The van der Waals surface area contributed by atoms with Gasteiger partial charge in [0, 0.05) is 51.0 Å². The number of carbonyl (C=O) groups is 1. The number of piperidine rings is 2. The van der Waals surface area contributed by atoms with Crippen LogP contribution in [0.5, 0.6) is 0 Å². The van der Waals surface area contributed by atoms with Gasteiger partial charge in [0.15, 0.2) is 0 Å². The molecule has 0 bridgehead atoms. The van der Waals surface area contributed by atoms with Crippen LogP contribution in [0.3, 0.4) is 0 Å². The highest BCUT2D eigenvalue weighted by atomic mass is 16.5. The normalized spacial score (nSPS) is 20.3. The monoisotopic (exact) mass is 491 g/mol. The quantitative estimate of drug-likeness (QED) is 0.634. The van der Waals surface area contributed by atoms with Crippen LogP contribution < -0.4 is 11.2 Å². The predicted molar refractivity (Wildman–Crippen MR) is 139 cm³/mol. The lowest BCUT2D eigenvalue weighted by Gasteiger charge is -2.37. The predicted octanol–water partition coefficient (Wildman–Crippen LogP) is 2.14. The minimum atomic E-state index is 0.121. The summed E-state index contributed by atoms with van der Waals surface area (Å²) in [6, 6.07) is 9.97. The third-order valence-corrected chi connectivity index (χ3v) is 7.42. The number of nitrogens with one attached hydrogen (secondary N) is 1. The van der Waals surface area contributed by atoms with Crippen LogP contribution >= 0.6 is 0 Å². The van der Waals surface area contributed by atoms with E-state index in [4.69, 9.17) is 10.5 Å². The number of carbonyl (C=O) groups excluding carboxylic acids is 1. The topological polar surface area (TPSA) is 99.9 Å². The molecular formula is C27H37N7O2. The minimum Gasteiger partial charge on any atom is -0.384 e. The van der Waals surface area contributed by atoms with E-state index < -0.39 is 0 Å². The Morgan fingerprint density at radius 3 is 2.47 bits per heavy atom. The number of nitrogens with two attached hydrogens (primary N) is 1. The first-order valence-electron chi connectivity index (χ1n) is 13.1. The van der Waals surface area contributed by atoms with Crippen molar-refractivity contribution in [2.24, 2.45) is 5.92 Å². The number of nitrogens with zero attached hydrogens (tertiary/aromatic N) is 5. The first kappa shape index (κ1) is 24.7. The van der Waals surface area contributed by atoms with Gasteiger partial charge in [-0.3, -0.25) is 14.7 Å². The number of amides is 1. The first-order chi connectivity index (χ1) is 17.7. The van der Waals surface area contributed by atoms with Gasteiger partial charge in [-0.2, -0.15) is 0 Å². The minimum absolute atomic E-state index is 0.121. The van der Waals surface area contributed by atoms with Crippen molar-refractivity contribution in [1.29, 1.82) is 0 Å². The maximum absolute atomic E-state index is 13.3. The third kappa shape index (κ3) is 6.21. The van der Waals surface area contributed by atoms with E-state index in [1.54, 1.807) is 6.20 Å². The van der Waals surface area contributed by atoms with E-state index in [-0.39, 0.29) is 5.92 Å². The third-order valence-electron chi connectivity index (χ3n) is 7.42. The summed E-state index contributed by atoms with van der Waals surface area (Å²) < 4.78 is 5.50. The Balaban J connectivity index is 1.16. The first-order valence-corrected chi connectivity index (χ1v) is 13.1. The zero-order chi connectivity index (χ0) is 24.7. The van der Waals surface area contributed by atoms with E-state index in [0.29, 0.717) is 11.7 Å². The molecule has 3 aliphatic heterocycles. The highest BCUT2D eigenvalue weighted by molar-refractivity contribution is 5.79. The SMILES string of the molecule is Nc1cc(CN2CCC(C(=O)N3CCC(=C(NN4CCOCC4)c4ccccn4)CC3)CC2)ccn1. The Bertz CT molecular complexity index is 1040. The van der Waals surface area contributed by atoms with Gasteiger partial charge in [0.25, 0.3) is 0 Å². The number of ether oxygens (including phenoxy) is 1. The van der Waals surface area contributed by atoms with Crippen molar-refractivity contribution in [1.82, 2.24) is 30.2 Å². The summed E-state index contributed by atoms with van der Waals surface area (Å²) in [6.07, 6.45) is 7.17. The lowest BCUT2D eigenvalue weighted by Crippen LogP contribution is -2.46. The van der Waals surface area contributed by atoms with Gasteiger partial charge in [-0.15, -0.1) is 0 Å². The van der Waals surface area contributed by atoms with Crippen LogP contribution in [0.25, 0.3) is 5.70 Å². The van der Waals surface area contributed by atoms with Crippen LogP contribution in [0, 0.1) is 5.92 Å². The second-order valence-electron chi connectivity index (χ2n) is 9.87. The molecule has 3 aliphatic rings. The van der Waals surface area contributed by atoms with Gasteiger partial charge in [-0.05, 0) is 74.2 Å². The molecule has 9 nitrogen and oxygen atoms in total. The molecule has 0 unspecified atom stereocenters. The van der Waals surface area contributed by atoms with Gasteiger partial charge in [-0.1, -0.05) is 6.07 Å². The number of aromatic nitrogens is 2. The van der Waals surface area contributed by atoms with Gasteiger partial charge < -0.3 is 20.8 Å². The Hall–Kier alpha value is -3.01. The zero-order valence-electron chi connectivity index (χ0n) is 20.9. The molecule has 0 radical (unpaired) electrons. The lowest BCUT2D eigenvalue weighted by molar-refractivity contribution is -0.137. The van der Waals surface area contributed by atoms with Crippen LogP contribution in [-0.4, -0.2) is 83.2 Å². The summed E-state index contributed by atoms with van der Waals surface area (Å²) in [5.41, 5.74) is 14.0. The van der Waals surface area contributed by atoms with Crippen molar-refractivity contribution in [2.75, 3.05) is 58.2 Å². The van der Waals surface area contributed by atoms with Gasteiger partial charge in [0.1, 0.15) is 5.82 Å². The van der Waals surface area contributed by atoms with Gasteiger partial charge in [0.2, 0.25) is 5.91 Å². The van der Waals surface area contributed by atoms with E-state index in [0.717, 1.165) is 96.1 Å². The molecule has 0 spiro atoms. The molecule has 0 saturated carbocycles. The molecule has 5 rings (SSSR count). The highest BCUT2D eigenvalue weighted by Gasteiger charge is 2.31. The molecule has 3 fully saturated rings. The summed E-state index contributed by atoms with van der Waals surface area (Å²) >= 11 is 0. The molecule has 9 heteroatoms. The van der Waals surface area contributed by atoms with Crippen molar-refractivity contribution in [2.45, 2.75) is 32.2 Å². The van der Waals surface area contributed by atoms with Crippen LogP contribution in [0.1, 0.15) is 36.9 Å². The number of nitrogen functional groups attached to an aromatic ring is 1. The summed E-state index contributed by atoms with van der Waals surface area (Å²) in [4.78, 5) is 26.5. The second kappa shape index (κ2) is 11.8. The number of hydrogen-bond donors (Lipinski definition) is 2. The zero-order valence-corrected chi connectivity index (χ0v) is 20.9. The van der Waals surface area contributed by atoms with E-state index >= 15 is 0 Å². The molecule has 0 atom stereocenters. The molecule has 2 aromatic rings. The van der Waals surface area contributed by atoms with E-state index in [1.165, 1.54) is 11.1 Å². The van der Waals surface area contributed by atoms with Crippen LogP contribution in [0.4, 0.5) is 5.82 Å². The Morgan fingerprint density at radius 2 is 1.78 bits per heavy atom. The van der Waals surface area contributed by atoms with Crippen molar-refractivity contribution < 1.29 is 9.53 Å². The fourth-order valence-electron chi connectivity index (χ4n) is 5.36. The smallest absolute Gasteiger partial charge is 0.225 e. The average molecular weight is 492 g/mol. The maximum Gasteiger partial charge on any atom is 0.225 e. The fourth-order valence-corrected chi connectivity index (χ4v) is 5.36.